The number of fused-ring (bicyclic) bond motifs is 2. The molecule has 6 heteroatoms. The zero-order chi connectivity index (χ0) is 18.7. The quantitative estimate of drug-likeness (QED) is 0.468. The van der Waals surface area contributed by atoms with E-state index in [0.29, 0.717) is 36.3 Å². The predicted molar refractivity (Wildman–Crippen MR) is 97.8 cm³/mol. The molecule has 1 aliphatic carbocycles. The van der Waals surface area contributed by atoms with Crippen LogP contribution in [0.4, 0.5) is 5.69 Å². The van der Waals surface area contributed by atoms with Crippen molar-refractivity contribution in [1.29, 1.82) is 0 Å². The lowest BCUT2D eigenvalue weighted by Gasteiger charge is -2.21. The maximum absolute atomic E-state index is 12.9. The number of benzene rings is 2. The Hall–Kier alpha value is -3.15. The van der Waals surface area contributed by atoms with Gasteiger partial charge in [-0.3, -0.25) is 14.4 Å². The Morgan fingerprint density at radius 3 is 2.27 bits per heavy atom. The van der Waals surface area contributed by atoms with Gasteiger partial charge in [-0.15, -0.1) is 0 Å². The Kier molecular flexibility index (Phi) is 5.02. The molecule has 2 aromatic rings. The maximum atomic E-state index is 12.9. The third-order valence-corrected chi connectivity index (χ3v) is 4.29. The minimum absolute atomic E-state index is 0.0220. The van der Waals surface area contributed by atoms with Gasteiger partial charge < -0.3 is 15.7 Å². The van der Waals surface area contributed by atoms with Crippen molar-refractivity contribution in [2.24, 2.45) is 0 Å². The molecule has 3 rings (SSSR count). The summed E-state index contributed by atoms with van der Waals surface area (Å²) in [5, 5.41) is 16.0. The van der Waals surface area contributed by atoms with E-state index in [9.17, 15) is 19.5 Å². The molecule has 0 saturated heterocycles. The van der Waals surface area contributed by atoms with E-state index in [2.05, 4.69) is 10.6 Å². The van der Waals surface area contributed by atoms with Gasteiger partial charge in [0.25, 0.3) is 0 Å². The number of carbonyl (C=O) groups excluding carboxylic acids is 3. The molecular formula is C20H20N2O4. The topological polar surface area (TPSA) is 95.5 Å². The highest BCUT2D eigenvalue weighted by molar-refractivity contribution is 6.31. The van der Waals surface area contributed by atoms with Crippen LogP contribution < -0.4 is 10.6 Å². The van der Waals surface area contributed by atoms with Crippen LogP contribution >= 0.6 is 0 Å². The zero-order valence-corrected chi connectivity index (χ0v) is 14.5. The molecule has 0 radical (unpaired) electrons. The molecule has 0 fully saturated rings. The number of amides is 1. The van der Waals surface area contributed by atoms with E-state index in [0.717, 1.165) is 6.42 Å². The van der Waals surface area contributed by atoms with E-state index in [1.165, 1.54) is 6.07 Å². The van der Waals surface area contributed by atoms with Gasteiger partial charge in [-0.1, -0.05) is 31.2 Å². The lowest BCUT2D eigenvalue weighted by molar-refractivity contribution is -0.121. The number of aromatic hydroxyl groups is 1. The van der Waals surface area contributed by atoms with Crippen LogP contribution in [0.2, 0.25) is 0 Å². The van der Waals surface area contributed by atoms with Gasteiger partial charge in [0.2, 0.25) is 5.91 Å². The molecule has 0 unspecified atom stereocenters. The fraction of sp³-hybridized carbons (Fsp3) is 0.250. The molecule has 3 N–H and O–H groups in total. The second-order valence-corrected chi connectivity index (χ2v) is 6.11. The van der Waals surface area contributed by atoms with Crippen LogP contribution in [0.1, 0.15) is 51.6 Å². The minimum Gasteiger partial charge on any atom is -0.507 e. The van der Waals surface area contributed by atoms with Gasteiger partial charge in [-0.05, 0) is 18.6 Å². The number of rotatable bonds is 6. The number of carbonyl (C=O) groups is 3. The predicted octanol–water partition coefficient (Wildman–Crippen LogP) is 2.50. The van der Waals surface area contributed by atoms with E-state index in [1.54, 1.807) is 30.3 Å². The Morgan fingerprint density at radius 2 is 1.62 bits per heavy atom. The van der Waals surface area contributed by atoms with Gasteiger partial charge in [-0.25, -0.2) is 0 Å². The summed E-state index contributed by atoms with van der Waals surface area (Å²) in [6, 6.07) is 9.55. The normalized spacial score (nSPS) is 12.3. The molecule has 0 atom stereocenters. The van der Waals surface area contributed by atoms with Crippen molar-refractivity contribution in [1.82, 2.24) is 5.32 Å². The first kappa shape index (κ1) is 17.7. The molecule has 6 nitrogen and oxygen atoms in total. The molecule has 26 heavy (non-hydrogen) atoms. The van der Waals surface area contributed by atoms with Crippen molar-refractivity contribution in [2.75, 3.05) is 18.4 Å². The number of phenolic OH excluding ortho intramolecular Hbond substituents is 1. The minimum atomic E-state index is -0.368. The van der Waals surface area contributed by atoms with E-state index >= 15 is 0 Å². The SMILES string of the molecule is CCCC(=O)NCCNc1ccc(O)c2c1C(=O)c1ccccc1C2=O. The number of phenols is 1. The summed E-state index contributed by atoms with van der Waals surface area (Å²) in [7, 11) is 0. The number of nitrogens with one attached hydrogen (secondary N) is 2. The van der Waals surface area contributed by atoms with Crippen LogP contribution in [0.3, 0.4) is 0 Å². The highest BCUT2D eigenvalue weighted by Gasteiger charge is 2.33. The second-order valence-electron chi connectivity index (χ2n) is 6.11. The molecule has 0 aromatic heterocycles. The highest BCUT2D eigenvalue weighted by atomic mass is 16.3. The van der Waals surface area contributed by atoms with Crippen molar-refractivity contribution < 1.29 is 19.5 Å². The van der Waals surface area contributed by atoms with Gasteiger partial charge in [0.15, 0.2) is 11.6 Å². The highest BCUT2D eigenvalue weighted by Crippen LogP contribution is 2.36. The first-order valence-corrected chi connectivity index (χ1v) is 8.59. The summed E-state index contributed by atoms with van der Waals surface area (Å²) in [6.07, 6.45) is 1.25. The average molecular weight is 352 g/mol. The molecular weight excluding hydrogens is 332 g/mol. The standard InChI is InChI=1S/C20H20N2O4/c1-2-5-16(24)22-11-10-21-14-8-9-15(23)18-17(14)19(25)12-6-3-4-7-13(12)20(18)26/h3-4,6-9,21,23H,2,5,10-11H2,1H3,(H,22,24). The number of anilines is 1. The van der Waals surface area contributed by atoms with Gasteiger partial charge in [0.1, 0.15) is 5.75 Å². The molecule has 0 aliphatic heterocycles. The molecule has 0 heterocycles. The maximum Gasteiger partial charge on any atom is 0.220 e. The fourth-order valence-corrected chi connectivity index (χ4v) is 3.07. The van der Waals surface area contributed by atoms with Crippen LogP contribution in [0.25, 0.3) is 0 Å². The molecule has 0 saturated carbocycles. The third kappa shape index (κ3) is 3.18. The summed E-state index contributed by atoms with van der Waals surface area (Å²) in [6.45, 7) is 2.73. The van der Waals surface area contributed by atoms with Gasteiger partial charge in [0, 0.05) is 36.3 Å². The average Bonchev–Trinajstić information content (AvgIpc) is 2.64. The Bertz CT molecular complexity index is 889. The Labute approximate surface area is 151 Å². The molecule has 0 spiro atoms. The Morgan fingerprint density at radius 1 is 0.962 bits per heavy atom. The summed E-state index contributed by atoms with van der Waals surface area (Å²) in [5.74, 6) is -0.909. The number of ketones is 2. The Balaban J connectivity index is 1.85. The van der Waals surface area contributed by atoms with E-state index < -0.39 is 0 Å². The van der Waals surface area contributed by atoms with Crippen molar-refractivity contribution >= 4 is 23.2 Å². The molecule has 1 aliphatic rings. The summed E-state index contributed by atoms with van der Waals surface area (Å²) >= 11 is 0. The van der Waals surface area contributed by atoms with E-state index in [-0.39, 0.29) is 34.4 Å². The van der Waals surface area contributed by atoms with Gasteiger partial charge in [-0.2, -0.15) is 0 Å². The zero-order valence-electron chi connectivity index (χ0n) is 14.5. The first-order chi connectivity index (χ1) is 12.5. The van der Waals surface area contributed by atoms with Crippen LogP contribution in [-0.4, -0.2) is 35.7 Å². The van der Waals surface area contributed by atoms with Gasteiger partial charge >= 0.3 is 0 Å². The molecule has 1 amide bonds. The van der Waals surface area contributed by atoms with Crippen molar-refractivity contribution in [3.8, 4) is 5.75 Å². The van der Waals surface area contributed by atoms with Crippen LogP contribution in [0.5, 0.6) is 5.75 Å². The van der Waals surface area contributed by atoms with Crippen LogP contribution in [0, 0.1) is 0 Å². The van der Waals surface area contributed by atoms with Crippen molar-refractivity contribution in [2.45, 2.75) is 19.8 Å². The van der Waals surface area contributed by atoms with Crippen molar-refractivity contribution in [3.05, 3.63) is 58.7 Å². The molecule has 134 valence electrons. The van der Waals surface area contributed by atoms with Crippen molar-refractivity contribution in [3.63, 3.8) is 0 Å². The molecule has 0 bridgehead atoms. The van der Waals surface area contributed by atoms with Crippen LogP contribution in [0.15, 0.2) is 36.4 Å². The lowest BCUT2D eigenvalue weighted by Crippen LogP contribution is -2.29. The smallest absolute Gasteiger partial charge is 0.220 e. The number of hydrogen-bond donors (Lipinski definition) is 3. The van der Waals surface area contributed by atoms with Crippen LogP contribution in [-0.2, 0) is 4.79 Å². The van der Waals surface area contributed by atoms with Gasteiger partial charge in [0.05, 0.1) is 11.1 Å². The third-order valence-electron chi connectivity index (χ3n) is 4.29. The summed E-state index contributed by atoms with van der Waals surface area (Å²) in [4.78, 5) is 37.1. The fourth-order valence-electron chi connectivity index (χ4n) is 3.07. The summed E-state index contributed by atoms with van der Waals surface area (Å²) in [5.41, 5.74) is 1.29. The lowest BCUT2D eigenvalue weighted by atomic mass is 9.82. The summed E-state index contributed by atoms with van der Waals surface area (Å²) < 4.78 is 0. The molecule has 2 aromatic carbocycles. The second kappa shape index (κ2) is 7.39. The van der Waals surface area contributed by atoms with E-state index in [4.69, 9.17) is 0 Å². The largest absolute Gasteiger partial charge is 0.507 e. The monoisotopic (exact) mass is 352 g/mol. The first-order valence-electron chi connectivity index (χ1n) is 8.59. The number of hydrogen-bond acceptors (Lipinski definition) is 5. The van der Waals surface area contributed by atoms with E-state index in [1.807, 2.05) is 6.92 Å².